The summed E-state index contributed by atoms with van der Waals surface area (Å²) in [6, 6.07) is 5.08. The average Bonchev–Trinajstić information content (AvgIpc) is 2.19. The molecule has 82 valence electrons. The van der Waals surface area contributed by atoms with Gasteiger partial charge in [0, 0.05) is 8.59 Å². The lowest BCUT2D eigenvalue weighted by molar-refractivity contribution is 0.131. The summed E-state index contributed by atoms with van der Waals surface area (Å²) in [4.78, 5) is 11.1. The molecule has 1 aromatic rings. The number of carbonyl (C=O) groups excluding carboxylic acids is 1. The van der Waals surface area contributed by atoms with E-state index in [9.17, 15) is 4.79 Å². The molecule has 0 spiro atoms. The molecule has 6 heteroatoms. The van der Waals surface area contributed by atoms with E-state index in [-0.39, 0.29) is 13.2 Å². The second-order valence-electron chi connectivity index (χ2n) is 2.61. The Labute approximate surface area is 106 Å². The molecule has 0 fully saturated rings. The summed E-state index contributed by atoms with van der Waals surface area (Å²) in [7, 11) is 0. The number of rotatable bonds is 3. The number of halogens is 2. The molecule has 0 saturated heterocycles. The third-order valence-corrected chi connectivity index (χ3v) is 2.62. The van der Waals surface area contributed by atoms with Crippen LogP contribution in [0.5, 0.6) is 0 Å². The molecule has 4 nitrogen and oxygen atoms in total. The quantitative estimate of drug-likeness (QED) is 0.831. The highest BCUT2D eigenvalue weighted by Crippen LogP contribution is 2.22. The first kappa shape index (κ1) is 12.5. The van der Waals surface area contributed by atoms with Crippen molar-refractivity contribution in [1.82, 2.24) is 0 Å². The van der Waals surface area contributed by atoms with Gasteiger partial charge in [-0.3, -0.25) is 5.32 Å². The van der Waals surface area contributed by atoms with Gasteiger partial charge in [0.1, 0.15) is 6.61 Å². The van der Waals surface area contributed by atoms with Crippen LogP contribution in [0.3, 0.4) is 0 Å². The number of anilines is 1. The van der Waals surface area contributed by atoms with Gasteiger partial charge < -0.3 is 9.84 Å². The Bertz CT molecular complexity index is 359. The van der Waals surface area contributed by atoms with E-state index in [1.807, 2.05) is 0 Å². The number of ether oxygens (including phenoxy) is 1. The molecule has 0 aromatic heterocycles. The Balaban J connectivity index is 2.60. The van der Waals surface area contributed by atoms with E-state index in [1.54, 1.807) is 18.2 Å². The third kappa shape index (κ3) is 4.23. The first-order chi connectivity index (χ1) is 7.13. The summed E-state index contributed by atoms with van der Waals surface area (Å²) >= 11 is 7.81. The van der Waals surface area contributed by atoms with Gasteiger partial charge in [0.05, 0.1) is 12.3 Å². The molecule has 1 amide bonds. The largest absolute Gasteiger partial charge is 0.447 e. The number of benzene rings is 1. The highest BCUT2D eigenvalue weighted by Gasteiger charge is 2.06. The predicted molar refractivity (Wildman–Crippen MR) is 66.2 cm³/mol. The molecule has 0 aliphatic carbocycles. The highest BCUT2D eigenvalue weighted by atomic mass is 127. The Morgan fingerprint density at radius 1 is 1.60 bits per heavy atom. The molecule has 0 atom stereocenters. The summed E-state index contributed by atoms with van der Waals surface area (Å²) in [6.07, 6.45) is -0.593. The molecule has 0 radical (unpaired) electrons. The summed E-state index contributed by atoms with van der Waals surface area (Å²) in [6.45, 7) is -0.207. The van der Waals surface area contributed by atoms with Crippen molar-refractivity contribution < 1.29 is 14.6 Å². The Morgan fingerprint density at radius 2 is 2.33 bits per heavy atom. The van der Waals surface area contributed by atoms with Crippen molar-refractivity contribution in [3.63, 3.8) is 0 Å². The number of carbonyl (C=O) groups is 1. The Kier molecular flexibility index (Phi) is 5.13. The smallest absolute Gasteiger partial charge is 0.411 e. The minimum atomic E-state index is -0.593. The van der Waals surface area contributed by atoms with Crippen molar-refractivity contribution in [3.05, 3.63) is 26.8 Å². The molecular weight excluding hydrogens is 332 g/mol. The van der Waals surface area contributed by atoms with Crippen molar-refractivity contribution in [3.8, 4) is 0 Å². The molecule has 1 rings (SSSR count). The maximum atomic E-state index is 11.1. The van der Waals surface area contributed by atoms with E-state index in [2.05, 4.69) is 32.6 Å². The number of aliphatic hydroxyl groups is 1. The van der Waals surface area contributed by atoms with Crippen molar-refractivity contribution >= 4 is 46.0 Å². The minimum Gasteiger partial charge on any atom is -0.447 e. The van der Waals surface area contributed by atoms with Crippen LogP contribution >= 0.6 is 34.2 Å². The summed E-state index contributed by atoms with van der Waals surface area (Å²) in [5, 5.41) is 11.6. The monoisotopic (exact) mass is 341 g/mol. The van der Waals surface area contributed by atoms with Crippen LogP contribution in [0, 0.1) is 3.57 Å². The summed E-state index contributed by atoms with van der Waals surface area (Å²) in [5.74, 6) is 0. The first-order valence-electron chi connectivity index (χ1n) is 4.13. The molecule has 0 aliphatic rings. The van der Waals surface area contributed by atoms with Gasteiger partial charge in [-0.2, -0.15) is 0 Å². The highest BCUT2D eigenvalue weighted by molar-refractivity contribution is 14.1. The Hall–Kier alpha value is -0.530. The zero-order valence-corrected chi connectivity index (χ0v) is 10.6. The number of nitrogens with one attached hydrogen (secondary N) is 1. The fourth-order valence-electron chi connectivity index (χ4n) is 0.875. The number of aliphatic hydroxyl groups excluding tert-OH is 1. The standard InChI is InChI=1S/C9H9ClINO3/c10-6-1-2-8(7(11)5-6)12-9(14)15-4-3-13/h1-2,5,13H,3-4H2,(H,12,14). The number of hydrogen-bond donors (Lipinski definition) is 2. The molecule has 0 aliphatic heterocycles. The van der Waals surface area contributed by atoms with Gasteiger partial charge in [-0.05, 0) is 40.8 Å². The van der Waals surface area contributed by atoms with Gasteiger partial charge in [-0.15, -0.1) is 0 Å². The van der Waals surface area contributed by atoms with Crippen LogP contribution in [0.1, 0.15) is 0 Å². The summed E-state index contributed by atoms with van der Waals surface area (Å²) < 4.78 is 5.46. The van der Waals surface area contributed by atoms with E-state index < -0.39 is 6.09 Å². The zero-order chi connectivity index (χ0) is 11.3. The van der Waals surface area contributed by atoms with Gasteiger partial charge in [0.2, 0.25) is 0 Å². The summed E-state index contributed by atoms with van der Waals surface area (Å²) in [5.41, 5.74) is 0.628. The van der Waals surface area contributed by atoms with E-state index in [0.29, 0.717) is 10.7 Å². The fourth-order valence-corrected chi connectivity index (χ4v) is 1.88. The first-order valence-corrected chi connectivity index (χ1v) is 5.59. The van der Waals surface area contributed by atoms with Crippen LogP contribution in [0.15, 0.2) is 18.2 Å². The average molecular weight is 342 g/mol. The topological polar surface area (TPSA) is 58.6 Å². The van der Waals surface area contributed by atoms with E-state index in [0.717, 1.165) is 3.57 Å². The van der Waals surface area contributed by atoms with Gasteiger partial charge in [0.25, 0.3) is 0 Å². The molecule has 0 heterocycles. The van der Waals surface area contributed by atoms with Crippen molar-refractivity contribution in [2.24, 2.45) is 0 Å². The predicted octanol–water partition coefficient (Wildman–Crippen LogP) is 2.49. The van der Waals surface area contributed by atoms with Gasteiger partial charge in [-0.1, -0.05) is 11.6 Å². The second kappa shape index (κ2) is 6.14. The van der Waals surface area contributed by atoms with Crippen LogP contribution < -0.4 is 5.32 Å². The third-order valence-electron chi connectivity index (χ3n) is 1.49. The van der Waals surface area contributed by atoms with Crippen LogP contribution in [0.4, 0.5) is 10.5 Å². The molecule has 1 aromatic carbocycles. The molecule has 2 N–H and O–H groups in total. The van der Waals surface area contributed by atoms with Crippen LogP contribution in [-0.4, -0.2) is 24.4 Å². The van der Waals surface area contributed by atoms with E-state index in [1.165, 1.54) is 0 Å². The van der Waals surface area contributed by atoms with Crippen molar-refractivity contribution in [2.45, 2.75) is 0 Å². The molecule has 0 unspecified atom stereocenters. The normalized spacial score (nSPS) is 9.80. The van der Waals surface area contributed by atoms with Gasteiger partial charge in [0.15, 0.2) is 0 Å². The zero-order valence-electron chi connectivity index (χ0n) is 7.67. The second-order valence-corrected chi connectivity index (χ2v) is 4.21. The van der Waals surface area contributed by atoms with Crippen LogP contribution in [0.25, 0.3) is 0 Å². The van der Waals surface area contributed by atoms with Crippen LogP contribution in [0.2, 0.25) is 5.02 Å². The number of amides is 1. The fraction of sp³-hybridized carbons (Fsp3) is 0.222. The Morgan fingerprint density at radius 3 is 2.93 bits per heavy atom. The van der Waals surface area contributed by atoms with E-state index >= 15 is 0 Å². The number of hydrogen-bond acceptors (Lipinski definition) is 3. The molecule has 0 bridgehead atoms. The minimum absolute atomic E-state index is 0.0179. The van der Waals surface area contributed by atoms with E-state index in [4.69, 9.17) is 16.7 Å². The SMILES string of the molecule is O=C(Nc1ccc(Cl)cc1I)OCCO. The lowest BCUT2D eigenvalue weighted by Gasteiger charge is -2.07. The van der Waals surface area contributed by atoms with Crippen molar-refractivity contribution in [2.75, 3.05) is 18.5 Å². The lowest BCUT2D eigenvalue weighted by Crippen LogP contribution is -2.16. The van der Waals surface area contributed by atoms with Crippen LogP contribution in [-0.2, 0) is 4.74 Å². The maximum absolute atomic E-state index is 11.1. The van der Waals surface area contributed by atoms with Gasteiger partial charge >= 0.3 is 6.09 Å². The lowest BCUT2D eigenvalue weighted by atomic mass is 10.3. The molecular formula is C9H9ClINO3. The molecule has 0 saturated carbocycles. The molecule has 15 heavy (non-hydrogen) atoms. The van der Waals surface area contributed by atoms with Gasteiger partial charge in [-0.25, -0.2) is 4.79 Å². The van der Waals surface area contributed by atoms with Crippen molar-refractivity contribution in [1.29, 1.82) is 0 Å². The maximum Gasteiger partial charge on any atom is 0.411 e.